The number of aliphatic imine (C=N–C) groups is 1. The van der Waals surface area contributed by atoms with Crippen LogP contribution < -0.4 is 0 Å². The molecular weight excluding hydrogens is 322 g/mol. The maximum Gasteiger partial charge on any atom is 0.269 e. The van der Waals surface area contributed by atoms with Crippen LogP contribution in [0.5, 0.6) is 0 Å². The number of hydrogen-bond acceptors (Lipinski definition) is 4. The minimum absolute atomic E-state index is 0.121. The lowest BCUT2D eigenvalue weighted by Gasteiger charge is -2.30. The number of benzene rings is 1. The summed E-state index contributed by atoms with van der Waals surface area (Å²) in [7, 11) is 0. The van der Waals surface area contributed by atoms with Gasteiger partial charge in [-0.15, -0.1) is 0 Å². The van der Waals surface area contributed by atoms with Crippen LogP contribution >= 0.6 is 11.8 Å². The maximum atomic E-state index is 10.9. The van der Waals surface area contributed by atoms with E-state index in [0.717, 1.165) is 48.0 Å². The van der Waals surface area contributed by atoms with Gasteiger partial charge in [-0.25, -0.2) is 4.99 Å². The van der Waals surface area contributed by atoms with Crippen LogP contribution in [0.1, 0.15) is 45.6 Å². The molecule has 132 valence electrons. The lowest BCUT2D eigenvalue weighted by molar-refractivity contribution is -0.384. The van der Waals surface area contributed by atoms with Crippen molar-refractivity contribution < 1.29 is 4.92 Å². The molecule has 1 aromatic rings. The minimum atomic E-state index is -0.360. The van der Waals surface area contributed by atoms with Gasteiger partial charge in [0.15, 0.2) is 5.17 Å². The molecule has 1 fully saturated rings. The molecule has 1 aliphatic rings. The van der Waals surface area contributed by atoms with Crippen LogP contribution in [0.2, 0.25) is 0 Å². The molecule has 2 atom stereocenters. The Labute approximate surface area is 148 Å². The van der Waals surface area contributed by atoms with E-state index in [2.05, 4.69) is 25.7 Å². The van der Waals surface area contributed by atoms with Crippen LogP contribution in [0.25, 0.3) is 0 Å². The molecule has 0 amide bonds. The van der Waals surface area contributed by atoms with Crippen LogP contribution in [0.15, 0.2) is 23.2 Å². The molecule has 0 aromatic heterocycles. The van der Waals surface area contributed by atoms with Gasteiger partial charge in [0, 0.05) is 30.5 Å². The van der Waals surface area contributed by atoms with E-state index in [1.165, 1.54) is 6.07 Å². The van der Waals surface area contributed by atoms with Crippen LogP contribution in [0.3, 0.4) is 0 Å². The first kappa shape index (κ1) is 18.8. The fourth-order valence-corrected chi connectivity index (χ4v) is 4.27. The van der Waals surface area contributed by atoms with Gasteiger partial charge >= 0.3 is 0 Å². The number of unbranched alkanes of at least 4 members (excludes halogenated alkanes) is 1. The van der Waals surface area contributed by atoms with Gasteiger partial charge in [-0.1, -0.05) is 45.4 Å². The first-order valence-electron chi connectivity index (χ1n) is 8.71. The number of nitro benzene ring substituents is 1. The van der Waals surface area contributed by atoms with Gasteiger partial charge in [-0.3, -0.25) is 10.1 Å². The molecule has 0 spiro atoms. The normalized spacial score (nSPS) is 20.6. The summed E-state index contributed by atoms with van der Waals surface area (Å²) in [6.07, 6.45) is 3.49. The van der Waals surface area contributed by atoms with Gasteiger partial charge in [-0.2, -0.15) is 0 Å². The fourth-order valence-electron chi connectivity index (χ4n) is 2.89. The molecular formula is C18H27N3O2S. The van der Waals surface area contributed by atoms with Crippen LogP contribution in [-0.2, 0) is 0 Å². The van der Waals surface area contributed by atoms with Gasteiger partial charge in [0.2, 0.25) is 0 Å². The highest BCUT2D eigenvalue weighted by molar-refractivity contribution is 8.14. The lowest BCUT2D eigenvalue weighted by atomic mass is 9.99. The molecule has 1 aromatic carbocycles. The van der Waals surface area contributed by atoms with E-state index in [9.17, 15) is 10.1 Å². The van der Waals surface area contributed by atoms with E-state index in [0.29, 0.717) is 12.0 Å². The smallest absolute Gasteiger partial charge is 0.269 e. The predicted octanol–water partition coefficient (Wildman–Crippen LogP) is 5.15. The highest BCUT2D eigenvalue weighted by Gasteiger charge is 2.32. The Morgan fingerprint density at radius 1 is 1.46 bits per heavy atom. The Balaban J connectivity index is 2.27. The number of nitrogens with zero attached hydrogens (tertiary/aromatic N) is 3. The highest BCUT2D eigenvalue weighted by atomic mass is 32.2. The molecule has 1 heterocycles. The zero-order chi connectivity index (χ0) is 17.7. The van der Waals surface area contributed by atoms with Crippen molar-refractivity contribution >= 4 is 28.3 Å². The summed E-state index contributed by atoms with van der Waals surface area (Å²) in [6, 6.07) is 5.43. The summed E-state index contributed by atoms with van der Waals surface area (Å²) in [5.41, 5.74) is 1.80. The van der Waals surface area contributed by atoms with Crippen molar-refractivity contribution in [1.29, 1.82) is 0 Å². The summed E-state index contributed by atoms with van der Waals surface area (Å²) in [5, 5.41) is 11.9. The molecule has 2 rings (SSSR count). The largest absolute Gasteiger partial charge is 0.347 e. The Hall–Kier alpha value is -1.56. The van der Waals surface area contributed by atoms with Crippen molar-refractivity contribution in [3.05, 3.63) is 33.9 Å². The van der Waals surface area contributed by atoms with Crippen molar-refractivity contribution in [1.82, 2.24) is 4.90 Å². The van der Waals surface area contributed by atoms with Crippen molar-refractivity contribution in [3.8, 4) is 0 Å². The maximum absolute atomic E-state index is 10.9. The van der Waals surface area contributed by atoms with Gasteiger partial charge in [-0.05, 0) is 30.9 Å². The fraction of sp³-hybridized carbons (Fsp3) is 0.611. The first-order chi connectivity index (χ1) is 11.5. The Morgan fingerprint density at radius 3 is 2.79 bits per heavy atom. The van der Waals surface area contributed by atoms with E-state index in [4.69, 9.17) is 4.99 Å². The monoisotopic (exact) mass is 349 g/mol. The Morgan fingerprint density at radius 2 is 2.21 bits per heavy atom. The number of hydrogen-bond donors (Lipinski definition) is 0. The second-order valence-corrected chi connectivity index (χ2v) is 7.42. The van der Waals surface area contributed by atoms with E-state index < -0.39 is 0 Å². The molecule has 2 unspecified atom stereocenters. The van der Waals surface area contributed by atoms with Gasteiger partial charge in [0.25, 0.3) is 5.69 Å². The standard InChI is InChI=1S/C18H27N3O2S/c1-5-7-10-20-17(13(3)6-2)12-24-18(20)19-16-9-8-15(21(22)23)11-14(16)4/h8-9,11,13,17H,5-7,10,12H2,1-4H3. The van der Waals surface area contributed by atoms with Crippen molar-refractivity contribution in [2.75, 3.05) is 12.3 Å². The SMILES string of the molecule is CCCCN1C(=Nc2ccc([N+](=O)[O-])cc2C)SCC1C(C)CC. The van der Waals surface area contributed by atoms with Gasteiger partial charge < -0.3 is 4.90 Å². The average Bonchev–Trinajstić information content (AvgIpc) is 2.96. The molecule has 1 aliphatic heterocycles. The van der Waals surface area contributed by atoms with E-state index in [1.54, 1.807) is 12.1 Å². The molecule has 0 aliphatic carbocycles. The first-order valence-corrected chi connectivity index (χ1v) is 9.69. The van der Waals surface area contributed by atoms with Gasteiger partial charge in [0.1, 0.15) is 0 Å². The Kier molecular flexibility index (Phi) is 6.66. The van der Waals surface area contributed by atoms with Crippen LogP contribution in [0, 0.1) is 23.0 Å². The van der Waals surface area contributed by atoms with Crippen molar-refractivity contribution in [3.63, 3.8) is 0 Å². The number of amidine groups is 1. The summed E-state index contributed by atoms with van der Waals surface area (Å²) >= 11 is 1.81. The summed E-state index contributed by atoms with van der Waals surface area (Å²) < 4.78 is 0. The average molecular weight is 350 g/mol. The van der Waals surface area contributed by atoms with Crippen molar-refractivity contribution in [2.24, 2.45) is 10.9 Å². The van der Waals surface area contributed by atoms with E-state index in [-0.39, 0.29) is 10.6 Å². The Bertz CT molecular complexity index is 618. The minimum Gasteiger partial charge on any atom is -0.347 e. The highest BCUT2D eigenvalue weighted by Crippen LogP contribution is 2.33. The molecule has 0 bridgehead atoms. The zero-order valence-corrected chi connectivity index (χ0v) is 15.8. The molecule has 0 radical (unpaired) electrons. The summed E-state index contributed by atoms with van der Waals surface area (Å²) in [5.74, 6) is 1.71. The topological polar surface area (TPSA) is 58.7 Å². The zero-order valence-electron chi connectivity index (χ0n) is 15.0. The number of rotatable bonds is 7. The van der Waals surface area contributed by atoms with Crippen LogP contribution in [-0.4, -0.2) is 33.3 Å². The van der Waals surface area contributed by atoms with Crippen LogP contribution in [0.4, 0.5) is 11.4 Å². The number of aryl methyl sites for hydroxylation is 1. The van der Waals surface area contributed by atoms with E-state index in [1.807, 2.05) is 18.7 Å². The third-order valence-electron chi connectivity index (χ3n) is 4.69. The molecule has 6 heteroatoms. The third kappa shape index (κ3) is 4.29. The third-order valence-corrected chi connectivity index (χ3v) is 5.78. The second kappa shape index (κ2) is 8.51. The van der Waals surface area contributed by atoms with E-state index >= 15 is 0 Å². The summed E-state index contributed by atoms with van der Waals surface area (Å²) in [6.45, 7) is 9.67. The molecule has 24 heavy (non-hydrogen) atoms. The number of non-ortho nitro benzene ring substituents is 1. The number of thioether (sulfide) groups is 1. The summed E-state index contributed by atoms with van der Waals surface area (Å²) in [4.78, 5) is 17.8. The molecule has 0 N–H and O–H groups in total. The molecule has 1 saturated heterocycles. The second-order valence-electron chi connectivity index (χ2n) is 6.43. The lowest BCUT2D eigenvalue weighted by Crippen LogP contribution is -2.38. The molecule has 5 nitrogen and oxygen atoms in total. The van der Waals surface area contributed by atoms with Gasteiger partial charge in [0.05, 0.1) is 10.6 Å². The quantitative estimate of drug-likeness (QED) is 0.504. The predicted molar refractivity (Wildman–Crippen MR) is 102 cm³/mol. The number of nitro groups is 1. The molecule has 0 saturated carbocycles. The van der Waals surface area contributed by atoms with Crippen molar-refractivity contribution in [2.45, 2.75) is 53.0 Å².